The molecule has 0 radical (unpaired) electrons. The minimum atomic E-state index is -0.562. The SMILES string of the molecule is CCc1ccc(OCC(O)CNCc2cccnn2)cc1. The van der Waals surface area contributed by atoms with Crippen LogP contribution >= 0.6 is 0 Å². The molecule has 0 aliphatic heterocycles. The third kappa shape index (κ3) is 5.49. The van der Waals surface area contributed by atoms with Crippen LogP contribution in [0, 0.1) is 0 Å². The van der Waals surface area contributed by atoms with Crippen molar-refractivity contribution in [2.24, 2.45) is 0 Å². The van der Waals surface area contributed by atoms with Gasteiger partial charge in [-0.3, -0.25) is 0 Å². The summed E-state index contributed by atoms with van der Waals surface area (Å²) in [5.41, 5.74) is 2.12. The van der Waals surface area contributed by atoms with Crippen LogP contribution in [0.1, 0.15) is 18.2 Å². The molecular formula is C16H21N3O2. The Hall–Kier alpha value is -1.98. The average molecular weight is 287 g/mol. The fourth-order valence-electron chi connectivity index (χ4n) is 1.87. The highest BCUT2D eigenvalue weighted by Crippen LogP contribution is 2.12. The van der Waals surface area contributed by atoms with Crippen molar-refractivity contribution in [1.82, 2.24) is 15.5 Å². The van der Waals surface area contributed by atoms with E-state index in [1.165, 1.54) is 5.56 Å². The molecule has 0 aliphatic rings. The molecule has 0 fully saturated rings. The maximum atomic E-state index is 9.87. The molecular weight excluding hydrogens is 266 g/mol. The molecule has 0 spiro atoms. The lowest BCUT2D eigenvalue weighted by atomic mass is 10.2. The molecule has 2 aromatic rings. The smallest absolute Gasteiger partial charge is 0.119 e. The number of aromatic nitrogens is 2. The molecule has 1 unspecified atom stereocenters. The molecule has 0 aliphatic carbocycles. The van der Waals surface area contributed by atoms with Crippen LogP contribution in [0.5, 0.6) is 5.75 Å². The van der Waals surface area contributed by atoms with Crippen molar-refractivity contribution < 1.29 is 9.84 Å². The number of aliphatic hydroxyl groups excluding tert-OH is 1. The van der Waals surface area contributed by atoms with Crippen molar-refractivity contribution in [2.45, 2.75) is 26.0 Å². The predicted octanol–water partition coefficient (Wildman–Crippen LogP) is 1.57. The van der Waals surface area contributed by atoms with Crippen molar-refractivity contribution in [2.75, 3.05) is 13.2 Å². The standard InChI is InChI=1S/C16H21N3O2/c1-2-13-5-7-16(8-6-13)21-12-15(20)11-17-10-14-4-3-9-18-19-14/h3-9,15,17,20H,2,10-12H2,1H3. The predicted molar refractivity (Wildman–Crippen MR) is 81.1 cm³/mol. The van der Waals surface area contributed by atoms with Crippen molar-refractivity contribution in [3.8, 4) is 5.75 Å². The van der Waals surface area contributed by atoms with E-state index in [0.717, 1.165) is 17.9 Å². The number of nitrogens with one attached hydrogen (secondary N) is 1. The molecule has 1 aromatic heterocycles. The van der Waals surface area contributed by atoms with Crippen LogP contribution in [-0.2, 0) is 13.0 Å². The van der Waals surface area contributed by atoms with E-state index in [0.29, 0.717) is 13.1 Å². The van der Waals surface area contributed by atoms with E-state index >= 15 is 0 Å². The summed E-state index contributed by atoms with van der Waals surface area (Å²) >= 11 is 0. The van der Waals surface area contributed by atoms with E-state index < -0.39 is 6.10 Å². The molecule has 1 atom stereocenters. The lowest BCUT2D eigenvalue weighted by molar-refractivity contribution is 0.106. The molecule has 1 aromatic carbocycles. The van der Waals surface area contributed by atoms with Crippen LogP contribution in [0.25, 0.3) is 0 Å². The summed E-state index contributed by atoms with van der Waals surface area (Å²) in [6, 6.07) is 11.7. The first-order chi connectivity index (χ1) is 10.3. The Labute approximate surface area is 125 Å². The van der Waals surface area contributed by atoms with Crippen LogP contribution in [0.3, 0.4) is 0 Å². The van der Waals surface area contributed by atoms with Crippen molar-refractivity contribution in [1.29, 1.82) is 0 Å². The summed E-state index contributed by atoms with van der Waals surface area (Å²) in [4.78, 5) is 0. The lowest BCUT2D eigenvalue weighted by Gasteiger charge is -2.13. The number of aliphatic hydroxyl groups is 1. The Morgan fingerprint density at radius 1 is 1.24 bits per heavy atom. The van der Waals surface area contributed by atoms with E-state index in [1.807, 2.05) is 36.4 Å². The average Bonchev–Trinajstić information content (AvgIpc) is 2.54. The number of nitrogens with zero attached hydrogens (tertiary/aromatic N) is 2. The van der Waals surface area contributed by atoms with Gasteiger partial charge < -0.3 is 15.2 Å². The molecule has 5 nitrogen and oxygen atoms in total. The van der Waals surface area contributed by atoms with Gasteiger partial charge in [0.15, 0.2) is 0 Å². The Bertz CT molecular complexity index is 517. The fraction of sp³-hybridized carbons (Fsp3) is 0.375. The minimum absolute atomic E-state index is 0.263. The molecule has 2 N–H and O–H groups in total. The van der Waals surface area contributed by atoms with Crippen molar-refractivity contribution in [3.05, 3.63) is 53.9 Å². The van der Waals surface area contributed by atoms with Gasteiger partial charge in [0.05, 0.1) is 5.69 Å². The van der Waals surface area contributed by atoms with E-state index in [9.17, 15) is 5.11 Å². The zero-order valence-electron chi connectivity index (χ0n) is 12.2. The number of aryl methyl sites for hydroxylation is 1. The Kier molecular flexibility index (Phi) is 6.12. The highest BCUT2D eigenvalue weighted by molar-refractivity contribution is 5.27. The van der Waals surface area contributed by atoms with Crippen LogP contribution < -0.4 is 10.1 Å². The third-order valence-corrected chi connectivity index (χ3v) is 3.09. The lowest BCUT2D eigenvalue weighted by Crippen LogP contribution is -2.31. The first-order valence-corrected chi connectivity index (χ1v) is 7.15. The van der Waals surface area contributed by atoms with Gasteiger partial charge in [0.25, 0.3) is 0 Å². The number of hydrogen-bond acceptors (Lipinski definition) is 5. The van der Waals surface area contributed by atoms with Crippen LogP contribution in [-0.4, -0.2) is 34.6 Å². The first kappa shape index (κ1) is 15.4. The molecule has 21 heavy (non-hydrogen) atoms. The van der Waals surface area contributed by atoms with Gasteiger partial charge in [-0.1, -0.05) is 19.1 Å². The fourth-order valence-corrected chi connectivity index (χ4v) is 1.87. The van der Waals surface area contributed by atoms with Gasteiger partial charge in [-0.15, -0.1) is 0 Å². The molecule has 0 saturated carbocycles. The van der Waals surface area contributed by atoms with Crippen LogP contribution in [0.15, 0.2) is 42.6 Å². The van der Waals surface area contributed by atoms with Gasteiger partial charge >= 0.3 is 0 Å². The van der Waals surface area contributed by atoms with E-state index in [4.69, 9.17) is 4.74 Å². The van der Waals surface area contributed by atoms with Crippen molar-refractivity contribution >= 4 is 0 Å². The summed E-state index contributed by atoms with van der Waals surface area (Å²) in [6.07, 6.45) is 2.08. The highest BCUT2D eigenvalue weighted by Gasteiger charge is 2.05. The maximum absolute atomic E-state index is 9.87. The van der Waals surface area contributed by atoms with E-state index in [-0.39, 0.29) is 6.61 Å². The summed E-state index contributed by atoms with van der Waals surface area (Å²) in [6.45, 7) is 3.40. The second-order valence-electron chi connectivity index (χ2n) is 4.81. The van der Waals surface area contributed by atoms with Gasteiger partial charge in [-0.05, 0) is 36.2 Å². The third-order valence-electron chi connectivity index (χ3n) is 3.09. The quantitative estimate of drug-likeness (QED) is 0.771. The van der Waals surface area contributed by atoms with Gasteiger partial charge in [-0.25, -0.2) is 0 Å². The largest absolute Gasteiger partial charge is 0.491 e. The van der Waals surface area contributed by atoms with Gasteiger partial charge in [0.2, 0.25) is 0 Å². The van der Waals surface area contributed by atoms with Gasteiger partial charge in [-0.2, -0.15) is 10.2 Å². The van der Waals surface area contributed by atoms with E-state index in [2.05, 4.69) is 22.4 Å². The van der Waals surface area contributed by atoms with Crippen LogP contribution in [0.4, 0.5) is 0 Å². The zero-order valence-corrected chi connectivity index (χ0v) is 12.2. The second kappa shape index (κ2) is 8.34. The molecule has 1 heterocycles. The Balaban J connectivity index is 1.66. The van der Waals surface area contributed by atoms with E-state index in [1.54, 1.807) is 6.20 Å². The molecule has 0 amide bonds. The molecule has 5 heteroatoms. The molecule has 0 bridgehead atoms. The monoisotopic (exact) mass is 287 g/mol. The topological polar surface area (TPSA) is 67.3 Å². The zero-order chi connectivity index (χ0) is 14.9. The molecule has 112 valence electrons. The Morgan fingerprint density at radius 3 is 2.71 bits per heavy atom. The molecule has 0 saturated heterocycles. The normalized spacial score (nSPS) is 12.1. The summed E-state index contributed by atoms with van der Waals surface area (Å²) in [7, 11) is 0. The minimum Gasteiger partial charge on any atom is -0.491 e. The number of ether oxygens (including phenoxy) is 1. The van der Waals surface area contributed by atoms with Crippen LogP contribution in [0.2, 0.25) is 0 Å². The summed E-state index contributed by atoms with van der Waals surface area (Å²) in [5.74, 6) is 0.778. The first-order valence-electron chi connectivity index (χ1n) is 7.15. The molecule has 2 rings (SSSR count). The summed E-state index contributed by atoms with van der Waals surface area (Å²) < 4.78 is 5.55. The highest BCUT2D eigenvalue weighted by atomic mass is 16.5. The van der Waals surface area contributed by atoms with Gasteiger partial charge in [0, 0.05) is 19.3 Å². The van der Waals surface area contributed by atoms with Gasteiger partial charge in [0.1, 0.15) is 18.5 Å². The second-order valence-corrected chi connectivity index (χ2v) is 4.81. The maximum Gasteiger partial charge on any atom is 0.119 e. The summed E-state index contributed by atoms with van der Waals surface area (Å²) in [5, 5.41) is 20.7. The number of hydrogen-bond donors (Lipinski definition) is 2. The van der Waals surface area contributed by atoms with Crippen molar-refractivity contribution in [3.63, 3.8) is 0 Å². The number of rotatable bonds is 8. The number of benzene rings is 1. The Morgan fingerprint density at radius 2 is 2.05 bits per heavy atom.